The summed E-state index contributed by atoms with van der Waals surface area (Å²) in [7, 11) is 0. The van der Waals surface area contributed by atoms with Crippen LogP contribution in [0.5, 0.6) is 11.6 Å². The van der Waals surface area contributed by atoms with Gasteiger partial charge in [-0.1, -0.05) is 29.8 Å². The third kappa shape index (κ3) is 2.82. The zero-order chi connectivity index (χ0) is 14.8. The molecule has 3 nitrogen and oxygen atoms in total. The van der Waals surface area contributed by atoms with Crippen molar-refractivity contribution in [1.29, 1.82) is 0 Å². The Morgan fingerprint density at radius 2 is 1.95 bits per heavy atom. The summed E-state index contributed by atoms with van der Waals surface area (Å²) < 4.78 is 18.9. The molecule has 21 heavy (non-hydrogen) atoms. The van der Waals surface area contributed by atoms with Crippen molar-refractivity contribution in [3.8, 4) is 11.6 Å². The molecule has 0 unspecified atom stereocenters. The van der Waals surface area contributed by atoms with E-state index in [9.17, 15) is 4.39 Å². The number of para-hydroxylation sites is 1. The third-order valence-electron chi connectivity index (χ3n) is 3.09. The van der Waals surface area contributed by atoms with Gasteiger partial charge >= 0.3 is 0 Å². The van der Waals surface area contributed by atoms with E-state index in [1.165, 1.54) is 18.2 Å². The largest absolute Gasteiger partial charge is 0.439 e. The molecule has 0 saturated carbocycles. The molecule has 3 aromatic rings. The van der Waals surface area contributed by atoms with Gasteiger partial charge in [0.2, 0.25) is 5.88 Å². The van der Waals surface area contributed by atoms with Crippen molar-refractivity contribution in [2.45, 2.75) is 6.54 Å². The van der Waals surface area contributed by atoms with Crippen molar-refractivity contribution in [3.63, 3.8) is 0 Å². The monoisotopic (exact) mass is 302 g/mol. The summed E-state index contributed by atoms with van der Waals surface area (Å²) in [5.74, 6) is 0.326. The molecule has 0 spiro atoms. The highest BCUT2D eigenvalue weighted by atomic mass is 35.5. The fourth-order valence-electron chi connectivity index (χ4n) is 2.03. The van der Waals surface area contributed by atoms with E-state index in [1.54, 1.807) is 0 Å². The molecule has 2 N–H and O–H groups in total. The number of aromatic nitrogens is 1. The number of ether oxygens (including phenoxy) is 1. The molecule has 0 radical (unpaired) electrons. The van der Waals surface area contributed by atoms with E-state index in [1.807, 2.05) is 30.3 Å². The Morgan fingerprint density at radius 3 is 2.71 bits per heavy atom. The lowest BCUT2D eigenvalue weighted by molar-refractivity contribution is 0.457. The lowest BCUT2D eigenvalue weighted by Crippen LogP contribution is -2.02. The van der Waals surface area contributed by atoms with Gasteiger partial charge in [0, 0.05) is 23.6 Å². The highest BCUT2D eigenvalue weighted by Crippen LogP contribution is 2.29. The lowest BCUT2D eigenvalue weighted by Gasteiger charge is -2.11. The Balaban J connectivity index is 2.04. The average molecular weight is 303 g/mol. The normalized spacial score (nSPS) is 10.8. The van der Waals surface area contributed by atoms with Crippen LogP contribution in [-0.2, 0) is 6.54 Å². The summed E-state index contributed by atoms with van der Waals surface area (Å²) in [6.07, 6.45) is 0. The zero-order valence-corrected chi connectivity index (χ0v) is 11.8. The summed E-state index contributed by atoms with van der Waals surface area (Å²) in [5.41, 5.74) is 7.32. The van der Waals surface area contributed by atoms with E-state index >= 15 is 0 Å². The molecule has 0 amide bonds. The number of rotatable bonds is 3. The molecule has 2 aromatic carbocycles. The quantitative estimate of drug-likeness (QED) is 0.785. The third-order valence-corrected chi connectivity index (χ3v) is 3.38. The molecule has 0 fully saturated rings. The van der Waals surface area contributed by atoms with E-state index in [-0.39, 0.29) is 5.02 Å². The fraction of sp³-hybridized carbons (Fsp3) is 0.0625. The maximum atomic E-state index is 13.2. The topological polar surface area (TPSA) is 48.1 Å². The summed E-state index contributed by atoms with van der Waals surface area (Å²) in [6, 6.07) is 13.8. The number of benzene rings is 2. The molecule has 0 aliphatic rings. The zero-order valence-electron chi connectivity index (χ0n) is 11.0. The minimum absolute atomic E-state index is 0.00240. The highest BCUT2D eigenvalue weighted by Gasteiger charge is 2.09. The maximum absolute atomic E-state index is 13.2. The van der Waals surface area contributed by atoms with E-state index < -0.39 is 5.82 Å². The van der Waals surface area contributed by atoms with Crippen molar-refractivity contribution in [2.75, 3.05) is 0 Å². The molecule has 0 aliphatic heterocycles. The van der Waals surface area contributed by atoms with E-state index in [0.29, 0.717) is 18.2 Å². The lowest BCUT2D eigenvalue weighted by atomic mass is 10.1. The Labute approximate surface area is 126 Å². The van der Waals surface area contributed by atoms with Crippen molar-refractivity contribution >= 4 is 22.5 Å². The van der Waals surface area contributed by atoms with Crippen molar-refractivity contribution in [2.24, 2.45) is 5.73 Å². The molecule has 1 heterocycles. The van der Waals surface area contributed by atoms with Crippen LogP contribution in [0, 0.1) is 5.82 Å². The second kappa shape index (κ2) is 5.68. The van der Waals surface area contributed by atoms with Crippen LogP contribution in [0.15, 0.2) is 48.5 Å². The van der Waals surface area contributed by atoms with Crippen LogP contribution in [0.1, 0.15) is 5.56 Å². The summed E-state index contributed by atoms with van der Waals surface area (Å²) in [5, 5.41) is 0.991. The van der Waals surface area contributed by atoms with Crippen LogP contribution in [0.3, 0.4) is 0 Å². The molecular formula is C16H12ClFN2O. The van der Waals surface area contributed by atoms with E-state index in [2.05, 4.69) is 4.98 Å². The molecule has 5 heteroatoms. The van der Waals surface area contributed by atoms with Crippen LogP contribution in [0.4, 0.5) is 4.39 Å². The Bertz CT molecular complexity index is 807. The summed E-state index contributed by atoms with van der Waals surface area (Å²) in [6.45, 7) is 0.294. The van der Waals surface area contributed by atoms with Gasteiger partial charge in [-0.25, -0.2) is 9.37 Å². The first-order valence-electron chi connectivity index (χ1n) is 6.39. The number of hydrogen-bond donors (Lipinski definition) is 1. The first-order valence-corrected chi connectivity index (χ1v) is 6.77. The first kappa shape index (κ1) is 13.8. The molecule has 1 aromatic heterocycles. The van der Waals surface area contributed by atoms with Gasteiger partial charge in [-0.05, 0) is 24.3 Å². The molecule has 0 atom stereocenters. The van der Waals surface area contributed by atoms with Gasteiger partial charge in [0.15, 0.2) is 0 Å². The number of pyridine rings is 1. The van der Waals surface area contributed by atoms with Gasteiger partial charge in [0.05, 0.1) is 10.5 Å². The number of hydrogen-bond acceptors (Lipinski definition) is 3. The van der Waals surface area contributed by atoms with E-state index in [4.69, 9.17) is 22.1 Å². The summed E-state index contributed by atoms with van der Waals surface area (Å²) in [4.78, 5) is 4.45. The minimum Gasteiger partial charge on any atom is -0.439 e. The standard InChI is InChI=1S/C16H12ClFN2O/c17-13-8-12(5-6-14(13)18)21-16-11(9-19)7-10-3-1-2-4-15(10)20-16/h1-8H,9,19H2. The first-order chi connectivity index (χ1) is 10.2. The number of nitrogens with two attached hydrogens (primary N) is 1. The van der Waals surface area contributed by atoms with Crippen LogP contribution in [-0.4, -0.2) is 4.98 Å². The van der Waals surface area contributed by atoms with Crippen molar-refractivity contribution in [3.05, 3.63) is 64.9 Å². The van der Waals surface area contributed by atoms with Gasteiger partial charge in [0.1, 0.15) is 11.6 Å². The molecule has 3 rings (SSSR count). The van der Waals surface area contributed by atoms with Gasteiger partial charge in [-0.15, -0.1) is 0 Å². The second-order valence-corrected chi connectivity index (χ2v) is 4.93. The van der Waals surface area contributed by atoms with Gasteiger partial charge in [0.25, 0.3) is 0 Å². The van der Waals surface area contributed by atoms with Crippen LogP contribution in [0.2, 0.25) is 5.02 Å². The second-order valence-electron chi connectivity index (χ2n) is 4.53. The van der Waals surface area contributed by atoms with Crippen LogP contribution < -0.4 is 10.5 Å². The van der Waals surface area contributed by atoms with Crippen molar-refractivity contribution < 1.29 is 9.13 Å². The Kier molecular flexibility index (Phi) is 3.73. The maximum Gasteiger partial charge on any atom is 0.224 e. The molecule has 0 aliphatic carbocycles. The number of nitrogens with zero attached hydrogens (tertiary/aromatic N) is 1. The number of fused-ring (bicyclic) bond motifs is 1. The minimum atomic E-state index is -0.491. The molecular weight excluding hydrogens is 291 g/mol. The Hall–Kier alpha value is -2.17. The van der Waals surface area contributed by atoms with E-state index in [0.717, 1.165) is 16.5 Å². The van der Waals surface area contributed by atoms with Crippen LogP contribution in [0.25, 0.3) is 10.9 Å². The van der Waals surface area contributed by atoms with Crippen molar-refractivity contribution in [1.82, 2.24) is 4.98 Å². The van der Waals surface area contributed by atoms with Gasteiger partial charge in [-0.3, -0.25) is 0 Å². The highest BCUT2D eigenvalue weighted by molar-refractivity contribution is 6.30. The molecule has 106 valence electrons. The predicted octanol–water partition coefficient (Wildman–Crippen LogP) is 4.28. The average Bonchev–Trinajstić information content (AvgIpc) is 2.50. The molecule has 0 saturated heterocycles. The fourth-order valence-corrected chi connectivity index (χ4v) is 2.20. The Morgan fingerprint density at radius 1 is 1.14 bits per heavy atom. The smallest absolute Gasteiger partial charge is 0.224 e. The van der Waals surface area contributed by atoms with Gasteiger partial charge in [-0.2, -0.15) is 0 Å². The predicted molar refractivity (Wildman–Crippen MR) is 81.1 cm³/mol. The van der Waals surface area contributed by atoms with Gasteiger partial charge < -0.3 is 10.5 Å². The summed E-state index contributed by atoms with van der Waals surface area (Å²) >= 11 is 5.75. The molecule has 0 bridgehead atoms. The van der Waals surface area contributed by atoms with Crippen LogP contribution >= 0.6 is 11.6 Å². The number of halogens is 2. The SMILES string of the molecule is NCc1cc2ccccc2nc1Oc1ccc(F)c(Cl)c1.